The Morgan fingerprint density at radius 1 is 1.07 bits per heavy atom. The van der Waals surface area contributed by atoms with Crippen molar-refractivity contribution in [3.05, 3.63) is 65.7 Å². The van der Waals surface area contributed by atoms with Crippen molar-refractivity contribution in [3.8, 4) is 22.5 Å². The lowest BCUT2D eigenvalue weighted by molar-refractivity contribution is 0.111. The molecule has 0 spiro atoms. The second kappa shape index (κ2) is 8.55. The van der Waals surface area contributed by atoms with Gasteiger partial charge in [-0.3, -0.25) is 4.79 Å². The van der Waals surface area contributed by atoms with Gasteiger partial charge in [-0.25, -0.2) is 9.67 Å². The van der Waals surface area contributed by atoms with Crippen molar-refractivity contribution in [2.24, 2.45) is 0 Å². The van der Waals surface area contributed by atoms with Crippen LogP contribution in [-0.4, -0.2) is 41.7 Å². The summed E-state index contributed by atoms with van der Waals surface area (Å²) < 4.78 is 1.82. The highest BCUT2D eigenvalue weighted by Crippen LogP contribution is 2.29. The van der Waals surface area contributed by atoms with Gasteiger partial charge < -0.3 is 0 Å². The van der Waals surface area contributed by atoms with Crippen molar-refractivity contribution in [3.63, 3.8) is 0 Å². The number of H-pyrrole nitrogens is 1. The van der Waals surface area contributed by atoms with Crippen LogP contribution < -0.4 is 0 Å². The summed E-state index contributed by atoms with van der Waals surface area (Å²) in [6, 6.07) is 16.2. The van der Waals surface area contributed by atoms with E-state index in [4.69, 9.17) is 0 Å². The Labute approximate surface area is 168 Å². The van der Waals surface area contributed by atoms with E-state index in [9.17, 15) is 4.79 Å². The fourth-order valence-corrected chi connectivity index (χ4v) is 3.26. The van der Waals surface area contributed by atoms with Crippen molar-refractivity contribution in [2.75, 3.05) is 0 Å². The fourth-order valence-electron chi connectivity index (χ4n) is 3.26. The Hall–Kier alpha value is -3.68. The summed E-state index contributed by atoms with van der Waals surface area (Å²) in [6.45, 7) is 2.71. The van der Waals surface area contributed by atoms with Crippen LogP contribution in [0.1, 0.15) is 41.8 Å². The van der Waals surface area contributed by atoms with E-state index in [1.807, 2.05) is 28.9 Å². The van der Waals surface area contributed by atoms with Gasteiger partial charge in [0.15, 0.2) is 6.29 Å². The highest BCUT2D eigenvalue weighted by Gasteiger charge is 2.12. The van der Waals surface area contributed by atoms with Gasteiger partial charge in [0.05, 0.1) is 6.54 Å². The summed E-state index contributed by atoms with van der Waals surface area (Å²) in [7, 11) is 0. The standard InChI is InChI=1S/C21H21N7O/c1-2-3-8-20-22-19(14-29)25-28(20)13-15-9-11-16(12-10-15)17-6-4-5-7-18(17)21-23-26-27-24-21/h4-7,9-12,14H,2-3,8,13H2,1H3,(H,23,24,26,27). The normalized spacial score (nSPS) is 10.9. The van der Waals surface area contributed by atoms with E-state index in [1.165, 1.54) is 0 Å². The molecule has 8 heteroatoms. The van der Waals surface area contributed by atoms with Crippen molar-refractivity contribution in [1.82, 2.24) is 35.4 Å². The number of carbonyl (C=O) groups excluding carboxylic acids is 1. The van der Waals surface area contributed by atoms with E-state index in [1.54, 1.807) is 0 Å². The van der Waals surface area contributed by atoms with Crippen molar-refractivity contribution in [2.45, 2.75) is 32.7 Å². The Bertz CT molecular complexity index is 1080. The number of rotatable bonds is 8. The zero-order chi connectivity index (χ0) is 20.1. The summed E-state index contributed by atoms with van der Waals surface area (Å²) in [4.78, 5) is 15.4. The smallest absolute Gasteiger partial charge is 0.214 e. The van der Waals surface area contributed by atoms with Crippen LogP contribution in [0.25, 0.3) is 22.5 Å². The summed E-state index contributed by atoms with van der Waals surface area (Å²) >= 11 is 0. The minimum absolute atomic E-state index is 0.238. The Kier molecular flexibility index (Phi) is 5.51. The largest absolute Gasteiger partial charge is 0.294 e. The lowest BCUT2D eigenvalue weighted by atomic mass is 9.98. The molecule has 0 aliphatic heterocycles. The first-order valence-corrected chi connectivity index (χ1v) is 9.59. The predicted molar refractivity (Wildman–Crippen MR) is 108 cm³/mol. The molecule has 0 saturated heterocycles. The molecule has 2 aromatic carbocycles. The lowest BCUT2D eigenvalue weighted by Crippen LogP contribution is -2.07. The predicted octanol–water partition coefficient (Wildman–Crippen LogP) is 3.33. The van der Waals surface area contributed by atoms with Crippen molar-refractivity contribution < 1.29 is 4.79 Å². The average Bonchev–Trinajstić information content (AvgIpc) is 3.43. The van der Waals surface area contributed by atoms with Crippen LogP contribution in [0.4, 0.5) is 0 Å². The van der Waals surface area contributed by atoms with Crippen LogP contribution in [0.2, 0.25) is 0 Å². The van der Waals surface area contributed by atoms with Crippen LogP contribution in [0.15, 0.2) is 48.5 Å². The maximum absolute atomic E-state index is 11.1. The number of nitrogens with zero attached hydrogens (tertiary/aromatic N) is 6. The third-order valence-electron chi connectivity index (χ3n) is 4.73. The van der Waals surface area contributed by atoms with Crippen LogP contribution in [0.3, 0.4) is 0 Å². The highest BCUT2D eigenvalue weighted by atomic mass is 16.1. The molecule has 2 aromatic heterocycles. The van der Waals surface area contributed by atoms with Gasteiger partial charge in [0, 0.05) is 12.0 Å². The van der Waals surface area contributed by atoms with Crippen LogP contribution in [0, 0.1) is 0 Å². The number of tetrazole rings is 1. The fraction of sp³-hybridized carbons (Fsp3) is 0.238. The molecule has 1 N–H and O–H groups in total. The van der Waals surface area contributed by atoms with Crippen LogP contribution in [0.5, 0.6) is 0 Å². The highest BCUT2D eigenvalue weighted by molar-refractivity contribution is 5.80. The molecule has 4 aromatic rings. The zero-order valence-corrected chi connectivity index (χ0v) is 16.1. The molecule has 29 heavy (non-hydrogen) atoms. The zero-order valence-electron chi connectivity index (χ0n) is 16.1. The number of hydrogen-bond donors (Lipinski definition) is 1. The maximum atomic E-state index is 11.1. The van der Waals surface area contributed by atoms with Crippen LogP contribution in [-0.2, 0) is 13.0 Å². The third kappa shape index (κ3) is 4.11. The number of aldehydes is 1. The molecule has 0 aliphatic carbocycles. The van der Waals surface area contributed by atoms with Gasteiger partial charge in [-0.15, -0.1) is 15.3 Å². The van der Waals surface area contributed by atoms with Gasteiger partial charge in [-0.05, 0) is 28.3 Å². The average molecular weight is 387 g/mol. The Morgan fingerprint density at radius 3 is 2.55 bits per heavy atom. The van der Waals surface area contributed by atoms with Gasteiger partial charge in [0.1, 0.15) is 5.82 Å². The first-order chi connectivity index (χ1) is 14.3. The van der Waals surface area contributed by atoms with E-state index in [-0.39, 0.29) is 5.82 Å². The number of unbranched alkanes of at least 4 members (excludes halogenated alkanes) is 1. The Balaban J connectivity index is 1.59. The SMILES string of the molecule is CCCCc1nc(C=O)nn1Cc1ccc(-c2ccccc2-c2nn[nH]n2)cc1. The molecular formula is C21H21N7O. The molecule has 0 saturated carbocycles. The third-order valence-corrected chi connectivity index (χ3v) is 4.73. The minimum atomic E-state index is 0.238. The quantitative estimate of drug-likeness (QED) is 0.465. The van der Waals surface area contributed by atoms with E-state index in [0.717, 1.165) is 47.3 Å². The van der Waals surface area contributed by atoms with Gasteiger partial charge in [-0.2, -0.15) is 5.21 Å². The molecule has 4 rings (SSSR count). The molecule has 0 aliphatic rings. The summed E-state index contributed by atoms with van der Waals surface area (Å²) in [5, 5.41) is 18.7. The van der Waals surface area contributed by atoms with E-state index < -0.39 is 0 Å². The number of benzene rings is 2. The summed E-state index contributed by atoms with van der Waals surface area (Å²) in [6.07, 6.45) is 3.60. The van der Waals surface area contributed by atoms with Crippen molar-refractivity contribution >= 4 is 6.29 Å². The molecule has 8 nitrogen and oxygen atoms in total. The number of hydrogen-bond acceptors (Lipinski definition) is 6. The molecule has 146 valence electrons. The number of aromatic nitrogens is 7. The number of nitrogens with one attached hydrogen (secondary N) is 1. The number of aryl methyl sites for hydroxylation is 1. The van der Waals surface area contributed by atoms with E-state index >= 15 is 0 Å². The molecule has 0 radical (unpaired) electrons. The second-order valence-electron chi connectivity index (χ2n) is 6.74. The molecule has 0 bridgehead atoms. The monoisotopic (exact) mass is 387 g/mol. The van der Waals surface area contributed by atoms with Crippen molar-refractivity contribution in [1.29, 1.82) is 0 Å². The Morgan fingerprint density at radius 2 is 1.86 bits per heavy atom. The first-order valence-electron chi connectivity index (χ1n) is 9.59. The van der Waals surface area contributed by atoms with Gasteiger partial charge in [0.2, 0.25) is 11.6 Å². The van der Waals surface area contributed by atoms with Gasteiger partial charge in [0.25, 0.3) is 0 Å². The molecule has 2 heterocycles. The second-order valence-corrected chi connectivity index (χ2v) is 6.74. The van der Waals surface area contributed by atoms with Gasteiger partial charge >= 0.3 is 0 Å². The lowest BCUT2D eigenvalue weighted by Gasteiger charge is -2.09. The number of carbonyl (C=O) groups is 1. The number of aromatic amines is 1. The van der Waals surface area contributed by atoms with E-state index in [2.05, 4.69) is 61.9 Å². The molecule has 0 atom stereocenters. The van der Waals surface area contributed by atoms with Gasteiger partial charge in [-0.1, -0.05) is 61.9 Å². The molecule has 0 fully saturated rings. The van der Waals surface area contributed by atoms with E-state index in [0.29, 0.717) is 18.7 Å². The molecular weight excluding hydrogens is 366 g/mol. The topological polar surface area (TPSA) is 102 Å². The molecule has 0 unspecified atom stereocenters. The summed E-state index contributed by atoms with van der Waals surface area (Å²) in [5.74, 6) is 1.65. The van der Waals surface area contributed by atoms with Crippen LogP contribution >= 0.6 is 0 Å². The summed E-state index contributed by atoms with van der Waals surface area (Å²) in [5.41, 5.74) is 4.11. The maximum Gasteiger partial charge on any atom is 0.214 e. The first kappa shape index (κ1) is 18.7. The minimum Gasteiger partial charge on any atom is -0.294 e. The molecule has 0 amide bonds.